The van der Waals surface area contributed by atoms with E-state index in [-0.39, 0.29) is 0 Å². The lowest BCUT2D eigenvalue weighted by Gasteiger charge is -2.15. The minimum Gasteiger partial charge on any atom is -0.457 e. The summed E-state index contributed by atoms with van der Waals surface area (Å²) in [7, 11) is 0. The summed E-state index contributed by atoms with van der Waals surface area (Å²) in [5.74, 6) is -0.976. The number of fused-ring (bicyclic) bond motifs is 2. The predicted octanol–water partition coefficient (Wildman–Crippen LogP) is 4.24. The SMILES string of the molecule is CC1(C)CC(OC(=O)c2c3ccccc3cc3ccccc23)C(=O)O1. The second kappa shape index (κ2) is 5.59. The van der Waals surface area contributed by atoms with Crippen molar-refractivity contribution in [2.24, 2.45) is 0 Å². The van der Waals surface area contributed by atoms with Gasteiger partial charge in [0.05, 0.1) is 5.56 Å². The van der Waals surface area contributed by atoms with Crippen molar-refractivity contribution in [1.29, 1.82) is 0 Å². The molecule has 3 aromatic carbocycles. The summed E-state index contributed by atoms with van der Waals surface area (Å²) in [6.45, 7) is 3.62. The van der Waals surface area contributed by atoms with Gasteiger partial charge in [0.2, 0.25) is 6.10 Å². The molecule has 1 fully saturated rings. The van der Waals surface area contributed by atoms with E-state index in [2.05, 4.69) is 0 Å². The number of rotatable bonds is 2. The highest BCUT2D eigenvalue weighted by Crippen LogP contribution is 2.32. The number of esters is 2. The van der Waals surface area contributed by atoms with E-state index in [1.807, 2.05) is 68.4 Å². The summed E-state index contributed by atoms with van der Waals surface area (Å²) in [4.78, 5) is 24.9. The number of hydrogen-bond donors (Lipinski definition) is 0. The van der Waals surface area contributed by atoms with Crippen molar-refractivity contribution in [2.75, 3.05) is 0 Å². The fourth-order valence-electron chi connectivity index (χ4n) is 3.42. The first-order valence-corrected chi connectivity index (χ1v) is 8.29. The van der Waals surface area contributed by atoms with Crippen molar-refractivity contribution in [3.8, 4) is 0 Å². The number of cyclic esters (lactones) is 1. The monoisotopic (exact) mass is 334 g/mol. The van der Waals surface area contributed by atoms with Crippen LogP contribution < -0.4 is 0 Å². The van der Waals surface area contributed by atoms with Crippen molar-refractivity contribution in [3.63, 3.8) is 0 Å². The molecule has 0 radical (unpaired) electrons. The molecular weight excluding hydrogens is 316 g/mol. The summed E-state index contributed by atoms with van der Waals surface area (Å²) in [6.07, 6.45) is -0.500. The van der Waals surface area contributed by atoms with Gasteiger partial charge in [0.15, 0.2) is 0 Å². The van der Waals surface area contributed by atoms with Crippen LogP contribution in [0.4, 0.5) is 0 Å². The van der Waals surface area contributed by atoms with E-state index in [1.165, 1.54) is 0 Å². The molecule has 126 valence electrons. The van der Waals surface area contributed by atoms with Crippen LogP contribution in [0, 0.1) is 0 Å². The zero-order valence-electron chi connectivity index (χ0n) is 14.1. The molecule has 0 bridgehead atoms. The molecule has 0 spiro atoms. The van der Waals surface area contributed by atoms with Crippen LogP contribution >= 0.6 is 0 Å². The molecule has 0 aliphatic carbocycles. The van der Waals surface area contributed by atoms with Crippen molar-refractivity contribution >= 4 is 33.5 Å². The Labute approximate surface area is 145 Å². The van der Waals surface area contributed by atoms with E-state index in [4.69, 9.17) is 9.47 Å². The summed E-state index contributed by atoms with van der Waals surface area (Å²) in [5, 5.41) is 3.55. The molecule has 0 N–H and O–H groups in total. The maximum atomic E-state index is 13.0. The maximum absolute atomic E-state index is 13.0. The lowest BCUT2D eigenvalue weighted by Crippen LogP contribution is -2.23. The van der Waals surface area contributed by atoms with Gasteiger partial charge in [-0.2, -0.15) is 0 Å². The van der Waals surface area contributed by atoms with Crippen molar-refractivity contribution < 1.29 is 19.1 Å². The first-order valence-electron chi connectivity index (χ1n) is 8.29. The predicted molar refractivity (Wildman–Crippen MR) is 95.4 cm³/mol. The van der Waals surface area contributed by atoms with Gasteiger partial charge in [0.1, 0.15) is 5.60 Å². The van der Waals surface area contributed by atoms with Gasteiger partial charge in [0.25, 0.3) is 0 Å². The Morgan fingerprint density at radius 3 is 2.12 bits per heavy atom. The van der Waals surface area contributed by atoms with E-state index in [1.54, 1.807) is 0 Å². The fraction of sp³-hybridized carbons (Fsp3) is 0.238. The standard InChI is InChI=1S/C21H18O4/c1-21(2)12-17(19(22)25-21)24-20(23)18-15-9-5-3-7-13(15)11-14-8-4-6-10-16(14)18/h3-11,17H,12H2,1-2H3. The lowest BCUT2D eigenvalue weighted by molar-refractivity contribution is -0.151. The number of carbonyl (C=O) groups excluding carboxylic acids is 2. The molecule has 0 amide bonds. The third-order valence-electron chi connectivity index (χ3n) is 4.54. The number of ether oxygens (including phenoxy) is 2. The molecule has 1 aliphatic rings. The molecular formula is C21H18O4. The largest absolute Gasteiger partial charge is 0.457 e. The molecule has 1 heterocycles. The topological polar surface area (TPSA) is 52.6 Å². The Morgan fingerprint density at radius 2 is 1.60 bits per heavy atom. The van der Waals surface area contributed by atoms with Crippen LogP contribution in [0.3, 0.4) is 0 Å². The number of carbonyl (C=O) groups is 2. The Hall–Kier alpha value is -2.88. The molecule has 4 heteroatoms. The third kappa shape index (κ3) is 2.74. The van der Waals surface area contributed by atoms with Crippen LogP contribution in [-0.4, -0.2) is 23.6 Å². The minimum atomic E-state index is -0.861. The third-order valence-corrected chi connectivity index (χ3v) is 4.54. The first-order chi connectivity index (χ1) is 11.9. The molecule has 0 saturated carbocycles. The Kier molecular flexibility index (Phi) is 3.49. The van der Waals surface area contributed by atoms with Crippen LogP contribution in [0.25, 0.3) is 21.5 Å². The molecule has 4 rings (SSSR count). The Balaban J connectivity index is 1.81. The van der Waals surface area contributed by atoms with Crippen LogP contribution in [0.5, 0.6) is 0 Å². The quantitative estimate of drug-likeness (QED) is 0.519. The van der Waals surface area contributed by atoms with Gasteiger partial charge in [-0.15, -0.1) is 0 Å². The summed E-state index contributed by atoms with van der Waals surface area (Å²) in [6, 6.07) is 17.4. The fourth-order valence-corrected chi connectivity index (χ4v) is 3.42. The van der Waals surface area contributed by atoms with Crippen LogP contribution in [0.2, 0.25) is 0 Å². The number of hydrogen-bond acceptors (Lipinski definition) is 4. The van der Waals surface area contributed by atoms with E-state index >= 15 is 0 Å². The summed E-state index contributed by atoms with van der Waals surface area (Å²) in [5.41, 5.74) is -0.116. The molecule has 4 nitrogen and oxygen atoms in total. The number of benzene rings is 3. The van der Waals surface area contributed by atoms with Gasteiger partial charge in [0, 0.05) is 6.42 Å². The Morgan fingerprint density at radius 1 is 1.04 bits per heavy atom. The molecule has 25 heavy (non-hydrogen) atoms. The van der Waals surface area contributed by atoms with Gasteiger partial charge in [-0.25, -0.2) is 9.59 Å². The minimum absolute atomic E-state index is 0.361. The molecule has 1 aliphatic heterocycles. The summed E-state index contributed by atoms with van der Waals surface area (Å²) < 4.78 is 10.8. The van der Waals surface area contributed by atoms with E-state index in [0.717, 1.165) is 21.5 Å². The molecule has 1 saturated heterocycles. The van der Waals surface area contributed by atoms with Gasteiger partial charge >= 0.3 is 11.9 Å². The second-order valence-electron chi connectivity index (χ2n) is 6.97. The average molecular weight is 334 g/mol. The van der Waals surface area contributed by atoms with E-state index in [9.17, 15) is 9.59 Å². The van der Waals surface area contributed by atoms with E-state index < -0.39 is 23.6 Å². The van der Waals surface area contributed by atoms with E-state index in [0.29, 0.717) is 12.0 Å². The second-order valence-corrected chi connectivity index (χ2v) is 6.97. The Bertz CT molecular complexity index is 949. The highest BCUT2D eigenvalue weighted by atomic mass is 16.6. The highest BCUT2D eigenvalue weighted by molar-refractivity contribution is 6.16. The zero-order valence-corrected chi connectivity index (χ0v) is 14.1. The van der Waals surface area contributed by atoms with Crippen molar-refractivity contribution in [2.45, 2.75) is 32.0 Å². The molecule has 3 aromatic rings. The van der Waals surface area contributed by atoms with Crippen LogP contribution in [-0.2, 0) is 14.3 Å². The van der Waals surface area contributed by atoms with Gasteiger partial charge in [-0.1, -0.05) is 48.5 Å². The maximum Gasteiger partial charge on any atom is 0.348 e. The smallest absolute Gasteiger partial charge is 0.348 e. The van der Waals surface area contributed by atoms with Gasteiger partial charge < -0.3 is 9.47 Å². The highest BCUT2D eigenvalue weighted by Gasteiger charge is 2.42. The van der Waals surface area contributed by atoms with Crippen LogP contribution in [0.15, 0.2) is 54.6 Å². The van der Waals surface area contributed by atoms with Crippen molar-refractivity contribution in [3.05, 3.63) is 60.2 Å². The first kappa shape index (κ1) is 15.6. The van der Waals surface area contributed by atoms with Gasteiger partial charge in [-0.3, -0.25) is 0 Å². The molecule has 1 unspecified atom stereocenters. The van der Waals surface area contributed by atoms with Crippen molar-refractivity contribution in [1.82, 2.24) is 0 Å². The summed E-state index contributed by atoms with van der Waals surface area (Å²) >= 11 is 0. The van der Waals surface area contributed by atoms with Gasteiger partial charge in [-0.05, 0) is 41.5 Å². The zero-order chi connectivity index (χ0) is 17.6. The average Bonchev–Trinajstić information content (AvgIpc) is 2.84. The molecule has 1 atom stereocenters. The van der Waals surface area contributed by atoms with Crippen LogP contribution in [0.1, 0.15) is 30.6 Å². The lowest BCUT2D eigenvalue weighted by atomic mass is 9.97. The normalized spacial score (nSPS) is 19.1. The molecule has 0 aromatic heterocycles.